The van der Waals surface area contributed by atoms with Gasteiger partial charge in [0.15, 0.2) is 0 Å². The van der Waals surface area contributed by atoms with Crippen LogP contribution in [0.5, 0.6) is 0 Å². The Balaban J connectivity index is 2.24. The summed E-state index contributed by atoms with van der Waals surface area (Å²) >= 11 is 9.14. The molecule has 0 spiro atoms. The molecule has 3 rings (SSSR count). The van der Waals surface area contributed by atoms with Gasteiger partial charge in [-0.2, -0.15) is 0 Å². The van der Waals surface area contributed by atoms with Gasteiger partial charge < -0.3 is 9.67 Å². The summed E-state index contributed by atoms with van der Waals surface area (Å²) in [5, 5.41) is 12.5. The predicted octanol–water partition coefficient (Wildman–Crippen LogP) is 4.62. The van der Waals surface area contributed by atoms with Crippen molar-refractivity contribution in [2.45, 2.75) is 12.6 Å². The van der Waals surface area contributed by atoms with E-state index in [1.54, 1.807) is 0 Å². The molecule has 2 N–H and O–H groups in total. The zero-order chi connectivity index (χ0) is 15.0. The minimum absolute atomic E-state index is 0.423. The number of fused-ring (bicyclic) bond motifs is 3. The Labute approximate surface area is 153 Å². The van der Waals surface area contributed by atoms with E-state index in [1.165, 1.54) is 10.8 Å². The van der Waals surface area contributed by atoms with Crippen molar-refractivity contribution in [3.8, 4) is 0 Å². The first-order chi connectivity index (χ1) is 10.1. The van der Waals surface area contributed by atoms with Gasteiger partial charge in [0, 0.05) is 60.2 Å². The summed E-state index contributed by atoms with van der Waals surface area (Å²) in [5.74, 6) is 0. The lowest BCUT2D eigenvalue weighted by atomic mass is 10.2. The smallest absolute Gasteiger partial charge is 0.0851 e. The van der Waals surface area contributed by atoms with Gasteiger partial charge in [-0.3, -0.25) is 3.53 Å². The molecular formula is C15H13Br2IN2O. The first-order valence-corrected chi connectivity index (χ1v) is 9.15. The number of benzene rings is 2. The molecule has 2 aromatic carbocycles. The van der Waals surface area contributed by atoms with Crippen molar-refractivity contribution in [1.82, 2.24) is 8.10 Å². The Hall–Kier alpha value is -0.150. The Bertz CT molecular complexity index is 744. The number of nitrogens with one attached hydrogen (secondary N) is 1. The third-order valence-electron chi connectivity index (χ3n) is 3.50. The highest BCUT2D eigenvalue weighted by Crippen LogP contribution is 2.33. The van der Waals surface area contributed by atoms with Crippen LogP contribution in [0.3, 0.4) is 0 Å². The maximum absolute atomic E-state index is 10.1. The van der Waals surface area contributed by atoms with Gasteiger partial charge in [-0.05, 0) is 36.4 Å². The summed E-state index contributed by atoms with van der Waals surface area (Å²) < 4.78 is 7.29. The molecule has 0 radical (unpaired) electrons. The number of hydrogen-bond donors (Lipinski definition) is 2. The summed E-state index contributed by atoms with van der Waals surface area (Å²) in [4.78, 5) is 0. The van der Waals surface area contributed by atoms with Crippen molar-refractivity contribution >= 4 is 76.5 Å². The lowest BCUT2D eigenvalue weighted by molar-refractivity contribution is 0.163. The van der Waals surface area contributed by atoms with Crippen LogP contribution in [-0.4, -0.2) is 22.3 Å². The first-order valence-electron chi connectivity index (χ1n) is 6.48. The number of hydrogen-bond acceptors (Lipinski definition) is 2. The summed E-state index contributed by atoms with van der Waals surface area (Å²) in [6.07, 6.45) is -0.423. The predicted molar refractivity (Wildman–Crippen MR) is 103 cm³/mol. The molecule has 6 heteroatoms. The number of halogens is 3. The minimum Gasteiger partial charge on any atom is -0.390 e. The van der Waals surface area contributed by atoms with Crippen LogP contribution in [-0.2, 0) is 6.54 Å². The normalized spacial score (nSPS) is 13.1. The van der Waals surface area contributed by atoms with Crippen molar-refractivity contribution in [2.24, 2.45) is 0 Å². The molecule has 1 atom stereocenters. The van der Waals surface area contributed by atoms with E-state index in [0.717, 1.165) is 20.0 Å². The Kier molecular flexibility index (Phi) is 4.90. The molecular weight excluding hydrogens is 511 g/mol. The van der Waals surface area contributed by atoms with Crippen molar-refractivity contribution in [3.05, 3.63) is 45.3 Å². The van der Waals surface area contributed by atoms with E-state index in [0.29, 0.717) is 13.1 Å². The van der Waals surface area contributed by atoms with E-state index in [1.807, 2.05) is 12.1 Å². The molecule has 3 nitrogen and oxygen atoms in total. The lowest BCUT2D eigenvalue weighted by Crippen LogP contribution is -2.25. The molecule has 0 fully saturated rings. The molecule has 0 bridgehead atoms. The van der Waals surface area contributed by atoms with Gasteiger partial charge in [0.05, 0.1) is 12.6 Å². The molecule has 3 aromatic rings. The van der Waals surface area contributed by atoms with E-state index in [-0.39, 0.29) is 0 Å². The molecule has 1 aromatic heterocycles. The number of rotatable bonds is 4. The van der Waals surface area contributed by atoms with Crippen molar-refractivity contribution in [1.29, 1.82) is 0 Å². The molecule has 110 valence electrons. The largest absolute Gasteiger partial charge is 0.390 e. The number of aromatic nitrogens is 1. The molecule has 1 unspecified atom stereocenters. The van der Waals surface area contributed by atoms with E-state index >= 15 is 0 Å². The fourth-order valence-corrected chi connectivity index (χ4v) is 3.84. The fraction of sp³-hybridized carbons (Fsp3) is 0.200. The maximum Gasteiger partial charge on any atom is 0.0851 e. The second-order valence-corrected chi connectivity index (χ2v) is 7.52. The fourth-order valence-electron chi connectivity index (χ4n) is 2.61. The van der Waals surface area contributed by atoms with Crippen LogP contribution < -0.4 is 3.53 Å². The maximum atomic E-state index is 10.1. The van der Waals surface area contributed by atoms with Gasteiger partial charge in [0.25, 0.3) is 0 Å². The quantitative estimate of drug-likeness (QED) is 0.387. The Morgan fingerprint density at radius 1 is 1.05 bits per heavy atom. The molecule has 21 heavy (non-hydrogen) atoms. The highest BCUT2D eigenvalue weighted by atomic mass is 127. The van der Waals surface area contributed by atoms with E-state index < -0.39 is 6.10 Å². The Morgan fingerprint density at radius 2 is 1.57 bits per heavy atom. The summed E-state index contributed by atoms with van der Waals surface area (Å²) in [7, 11) is 0. The number of aliphatic hydroxyl groups is 1. The lowest BCUT2D eigenvalue weighted by Gasteiger charge is -2.13. The summed E-state index contributed by atoms with van der Waals surface area (Å²) in [5.41, 5.74) is 2.28. The summed E-state index contributed by atoms with van der Waals surface area (Å²) in [6.45, 7) is 1.13. The van der Waals surface area contributed by atoms with Crippen LogP contribution in [0.1, 0.15) is 0 Å². The third kappa shape index (κ3) is 3.14. The monoisotopic (exact) mass is 522 g/mol. The van der Waals surface area contributed by atoms with Crippen LogP contribution in [0.4, 0.5) is 0 Å². The van der Waals surface area contributed by atoms with Crippen LogP contribution in [0.25, 0.3) is 21.8 Å². The molecule has 0 aliphatic carbocycles. The zero-order valence-corrected chi connectivity index (χ0v) is 16.3. The van der Waals surface area contributed by atoms with E-state index in [4.69, 9.17) is 0 Å². The molecule has 1 heterocycles. The number of aliphatic hydroxyl groups excluding tert-OH is 1. The molecule has 0 saturated heterocycles. The first kappa shape index (κ1) is 15.7. The summed E-state index contributed by atoms with van der Waals surface area (Å²) in [6, 6.07) is 12.5. The topological polar surface area (TPSA) is 37.2 Å². The SMILES string of the molecule is OC(CNI)Cn1c2ccc(Br)cc2c2cc(Br)ccc21. The third-order valence-corrected chi connectivity index (χ3v) is 4.92. The highest BCUT2D eigenvalue weighted by molar-refractivity contribution is 14.1. The molecule has 0 aliphatic rings. The van der Waals surface area contributed by atoms with Gasteiger partial charge in [0.1, 0.15) is 0 Å². The van der Waals surface area contributed by atoms with Gasteiger partial charge in [0.2, 0.25) is 0 Å². The van der Waals surface area contributed by atoms with Gasteiger partial charge >= 0.3 is 0 Å². The van der Waals surface area contributed by atoms with Crippen molar-refractivity contribution in [3.63, 3.8) is 0 Å². The van der Waals surface area contributed by atoms with Crippen LogP contribution in [0.15, 0.2) is 45.3 Å². The van der Waals surface area contributed by atoms with E-state index in [9.17, 15) is 5.11 Å². The highest BCUT2D eigenvalue weighted by Gasteiger charge is 2.14. The van der Waals surface area contributed by atoms with Crippen LogP contribution in [0.2, 0.25) is 0 Å². The van der Waals surface area contributed by atoms with Crippen LogP contribution >= 0.6 is 54.7 Å². The second-order valence-electron chi connectivity index (χ2n) is 4.93. The zero-order valence-electron chi connectivity index (χ0n) is 11.0. The molecule has 0 amide bonds. The standard InChI is InChI=1S/C15H13Br2IN2O/c16-9-1-3-14-12(5-9)13-6-10(17)2-4-15(13)20(14)8-11(21)7-19-18/h1-6,11,19,21H,7-8H2. The Morgan fingerprint density at radius 3 is 2.05 bits per heavy atom. The second kappa shape index (κ2) is 6.54. The van der Waals surface area contributed by atoms with Gasteiger partial charge in [-0.25, -0.2) is 0 Å². The van der Waals surface area contributed by atoms with Crippen LogP contribution in [0, 0.1) is 0 Å². The number of nitrogens with zero attached hydrogens (tertiary/aromatic N) is 1. The van der Waals surface area contributed by atoms with Gasteiger partial charge in [-0.1, -0.05) is 31.9 Å². The molecule has 0 saturated carbocycles. The van der Waals surface area contributed by atoms with Crippen molar-refractivity contribution in [2.75, 3.05) is 6.54 Å². The minimum atomic E-state index is -0.423. The van der Waals surface area contributed by atoms with E-state index in [2.05, 4.69) is 87.1 Å². The van der Waals surface area contributed by atoms with Gasteiger partial charge in [-0.15, -0.1) is 0 Å². The van der Waals surface area contributed by atoms with Crippen molar-refractivity contribution < 1.29 is 5.11 Å². The molecule has 0 aliphatic heterocycles. The average Bonchev–Trinajstić information content (AvgIpc) is 2.72. The average molecular weight is 524 g/mol.